The number of hydrogen-bond acceptors (Lipinski definition) is 1. The number of aryl methyl sites for hydroxylation is 3. The van der Waals surface area contributed by atoms with Gasteiger partial charge in [0.05, 0.1) is 5.69 Å². The highest BCUT2D eigenvalue weighted by molar-refractivity contribution is 5.67. The molecule has 0 saturated heterocycles. The molecule has 0 N–H and O–H groups in total. The minimum Gasteiger partial charge on any atom is -0.299 e. The third kappa shape index (κ3) is 2.65. The summed E-state index contributed by atoms with van der Waals surface area (Å²) >= 11 is 0. The Morgan fingerprint density at radius 2 is 1.74 bits per heavy atom. The van der Waals surface area contributed by atoms with Gasteiger partial charge in [-0.05, 0) is 54.7 Å². The highest BCUT2D eigenvalue weighted by atomic mass is 15.1. The van der Waals surface area contributed by atoms with E-state index < -0.39 is 0 Å². The Morgan fingerprint density at radius 1 is 1.07 bits per heavy atom. The van der Waals surface area contributed by atoms with E-state index in [1.54, 1.807) is 0 Å². The van der Waals surface area contributed by atoms with Crippen molar-refractivity contribution in [2.24, 2.45) is 11.8 Å². The lowest BCUT2D eigenvalue weighted by atomic mass is 9.88. The van der Waals surface area contributed by atoms with Gasteiger partial charge in [0.25, 0.3) is 0 Å². The van der Waals surface area contributed by atoms with E-state index in [4.69, 9.17) is 4.98 Å². The summed E-state index contributed by atoms with van der Waals surface area (Å²) in [6.45, 7) is 13.7. The van der Waals surface area contributed by atoms with Crippen LogP contribution in [0.1, 0.15) is 49.4 Å². The maximum absolute atomic E-state index is 4.81. The van der Waals surface area contributed by atoms with Crippen molar-refractivity contribution >= 4 is 0 Å². The molecule has 27 heavy (non-hydrogen) atoms. The molecular formula is C25H30N2. The van der Waals surface area contributed by atoms with E-state index in [1.807, 2.05) is 6.20 Å². The summed E-state index contributed by atoms with van der Waals surface area (Å²) in [6, 6.07) is 13.4. The second-order valence-corrected chi connectivity index (χ2v) is 8.50. The van der Waals surface area contributed by atoms with Crippen LogP contribution in [-0.4, -0.2) is 9.55 Å². The summed E-state index contributed by atoms with van der Waals surface area (Å²) < 4.78 is 2.28. The van der Waals surface area contributed by atoms with Crippen molar-refractivity contribution in [2.75, 3.05) is 0 Å². The Hall–Kier alpha value is -2.35. The maximum Gasteiger partial charge on any atom is 0.144 e. The van der Waals surface area contributed by atoms with Crippen molar-refractivity contribution in [3.05, 3.63) is 71.0 Å². The molecular weight excluding hydrogens is 328 g/mol. The van der Waals surface area contributed by atoms with E-state index in [2.05, 4.69) is 88.7 Å². The standard InChI is InChI=1S/C25H30N2/c1-7-21-19(5)25(21,6)22-11-9-8-10-20(22)24-26-12-13-27(24)23-17(3)14-16(2)15-18(23)4/h8-15,19,21H,7H2,1-6H3/t19-,21?,25?/m1/s1. The highest BCUT2D eigenvalue weighted by Crippen LogP contribution is 2.62. The Bertz CT molecular complexity index is 974. The fourth-order valence-corrected chi connectivity index (χ4v) is 5.44. The molecule has 2 aromatic carbocycles. The number of hydrogen-bond donors (Lipinski definition) is 0. The van der Waals surface area contributed by atoms with Crippen LogP contribution in [0.2, 0.25) is 0 Å². The van der Waals surface area contributed by atoms with E-state index in [0.717, 1.165) is 17.7 Å². The molecule has 1 aliphatic carbocycles. The van der Waals surface area contributed by atoms with Gasteiger partial charge in [-0.1, -0.05) is 69.2 Å². The number of nitrogens with zero attached hydrogens (tertiary/aromatic N) is 2. The first-order valence-corrected chi connectivity index (χ1v) is 10.1. The van der Waals surface area contributed by atoms with Crippen molar-refractivity contribution in [2.45, 2.75) is 53.4 Å². The van der Waals surface area contributed by atoms with Gasteiger partial charge in [-0.15, -0.1) is 0 Å². The van der Waals surface area contributed by atoms with E-state index >= 15 is 0 Å². The Labute approximate surface area is 163 Å². The lowest BCUT2D eigenvalue weighted by Gasteiger charge is -2.20. The first-order valence-electron chi connectivity index (χ1n) is 10.1. The normalized spacial score (nSPS) is 24.2. The van der Waals surface area contributed by atoms with Crippen molar-refractivity contribution in [3.8, 4) is 17.1 Å². The minimum absolute atomic E-state index is 0.249. The van der Waals surface area contributed by atoms with Crippen LogP contribution in [0.25, 0.3) is 17.1 Å². The largest absolute Gasteiger partial charge is 0.299 e. The average Bonchev–Trinajstić information content (AvgIpc) is 2.95. The summed E-state index contributed by atoms with van der Waals surface area (Å²) in [5.41, 5.74) is 8.11. The van der Waals surface area contributed by atoms with Gasteiger partial charge in [0.1, 0.15) is 5.82 Å². The van der Waals surface area contributed by atoms with Gasteiger partial charge in [0, 0.05) is 18.0 Å². The van der Waals surface area contributed by atoms with Crippen LogP contribution in [0.5, 0.6) is 0 Å². The fourth-order valence-electron chi connectivity index (χ4n) is 5.44. The minimum atomic E-state index is 0.249. The van der Waals surface area contributed by atoms with Gasteiger partial charge in [-0.2, -0.15) is 0 Å². The maximum atomic E-state index is 4.81. The molecule has 0 aliphatic heterocycles. The second kappa shape index (κ2) is 6.37. The van der Waals surface area contributed by atoms with Gasteiger partial charge in [0.15, 0.2) is 0 Å². The zero-order chi connectivity index (χ0) is 19.3. The molecule has 3 atom stereocenters. The quantitative estimate of drug-likeness (QED) is 0.528. The number of rotatable bonds is 4. The Kier molecular flexibility index (Phi) is 4.25. The summed E-state index contributed by atoms with van der Waals surface area (Å²) in [4.78, 5) is 4.81. The van der Waals surface area contributed by atoms with Crippen molar-refractivity contribution in [3.63, 3.8) is 0 Å². The van der Waals surface area contributed by atoms with Crippen LogP contribution < -0.4 is 0 Å². The van der Waals surface area contributed by atoms with E-state index in [1.165, 1.54) is 39.9 Å². The molecule has 2 heteroatoms. The Balaban J connectivity index is 1.89. The first kappa shape index (κ1) is 18.0. The lowest BCUT2D eigenvalue weighted by molar-refractivity contribution is 0.642. The van der Waals surface area contributed by atoms with Gasteiger partial charge in [0.2, 0.25) is 0 Å². The average molecular weight is 359 g/mol. The molecule has 1 saturated carbocycles. The highest BCUT2D eigenvalue weighted by Gasteiger charge is 2.58. The van der Waals surface area contributed by atoms with Gasteiger partial charge < -0.3 is 0 Å². The molecule has 3 aromatic rings. The zero-order valence-electron chi connectivity index (χ0n) is 17.4. The van der Waals surface area contributed by atoms with Crippen LogP contribution in [0.4, 0.5) is 0 Å². The third-order valence-electron chi connectivity index (χ3n) is 6.92. The van der Waals surface area contributed by atoms with Crippen LogP contribution in [-0.2, 0) is 5.41 Å². The molecule has 0 amide bonds. The number of benzene rings is 2. The molecule has 1 aromatic heterocycles. The van der Waals surface area contributed by atoms with Crippen LogP contribution in [0.3, 0.4) is 0 Å². The predicted molar refractivity (Wildman–Crippen MR) is 114 cm³/mol. The van der Waals surface area contributed by atoms with Crippen LogP contribution in [0, 0.1) is 32.6 Å². The van der Waals surface area contributed by atoms with Crippen LogP contribution in [0.15, 0.2) is 48.8 Å². The summed E-state index contributed by atoms with van der Waals surface area (Å²) in [5.74, 6) is 2.52. The van der Waals surface area contributed by atoms with Gasteiger partial charge in [-0.25, -0.2) is 4.98 Å². The molecule has 1 fully saturated rings. The van der Waals surface area contributed by atoms with Crippen molar-refractivity contribution in [1.82, 2.24) is 9.55 Å². The number of imidazole rings is 1. The third-order valence-corrected chi connectivity index (χ3v) is 6.92. The van der Waals surface area contributed by atoms with Crippen LogP contribution >= 0.6 is 0 Å². The lowest BCUT2D eigenvalue weighted by Crippen LogP contribution is -2.10. The number of aromatic nitrogens is 2. The van der Waals surface area contributed by atoms with Crippen molar-refractivity contribution < 1.29 is 0 Å². The first-order chi connectivity index (χ1) is 12.9. The van der Waals surface area contributed by atoms with E-state index in [0.29, 0.717) is 0 Å². The molecule has 0 spiro atoms. The zero-order valence-corrected chi connectivity index (χ0v) is 17.4. The Morgan fingerprint density at radius 3 is 2.37 bits per heavy atom. The monoisotopic (exact) mass is 358 g/mol. The molecule has 0 bridgehead atoms. The molecule has 1 aliphatic rings. The fraction of sp³-hybridized carbons (Fsp3) is 0.400. The SMILES string of the molecule is CCC1[C@@H](C)C1(C)c1ccccc1-c1nccn1-c1c(C)cc(C)cc1C. The smallest absolute Gasteiger partial charge is 0.144 e. The molecule has 140 valence electrons. The van der Waals surface area contributed by atoms with Crippen molar-refractivity contribution in [1.29, 1.82) is 0 Å². The summed E-state index contributed by atoms with van der Waals surface area (Å²) in [7, 11) is 0. The molecule has 2 nitrogen and oxygen atoms in total. The summed E-state index contributed by atoms with van der Waals surface area (Å²) in [5, 5.41) is 0. The second-order valence-electron chi connectivity index (χ2n) is 8.50. The van der Waals surface area contributed by atoms with E-state index in [9.17, 15) is 0 Å². The van der Waals surface area contributed by atoms with Gasteiger partial charge >= 0.3 is 0 Å². The topological polar surface area (TPSA) is 17.8 Å². The molecule has 0 radical (unpaired) electrons. The predicted octanol–water partition coefficient (Wildman–Crippen LogP) is 6.40. The van der Waals surface area contributed by atoms with E-state index in [-0.39, 0.29) is 5.41 Å². The molecule has 4 rings (SSSR count). The molecule has 2 unspecified atom stereocenters. The summed E-state index contributed by atoms with van der Waals surface area (Å²) in [6.07, 6.45) is 5.27. The van der Waals surface area contributed by atoms with Gasteiger partial charge in [-0.3, -0.25) is 4.57 Å². The molecule has 1 heterocycles.